The monoisotopic (exact) mass is 273 g/mol. The third kappa shape index (κ3) is 2.00. The second-order valence-electron chi connectivity index (χ2n) is 5.86. The van der Waals surface area contributed by atoms with E-state index in [1.165, 1.54) is 23.8 Å². The maximum atomic E-state index is 11.9. The zero-order valence-corrected chi connectivity index (χ0v) is 12.1. The van der Waals surface area contributed by atoms with Gasteiger partial charge in [0, 0.05) is 23.2 Å². The fourth-order valence-electron chi connectivity index (χ4n) is 3.23. The van der Waals surface area contributed by atoms with Crippen molar-refractivity contribution in [1.29, 1.82) is 0 Å². The van der Waals surface area contributed by atoms with Gasteiger partial charge >= 0.3 is 5.97 Å². The van der Waals surface area contributed by atoms with Gasteiger partial charge in [-0.1, -0.05) is 32.0 Å². The number of carbonyl (C=O) groups excluding carboxylic acids is 1. The van der Waals surface area contributed by atoms with E-state index in [0.29, 0.717) is 5.92 Å². The van der Waals surface area contributed by atoms with Crippen molar-refractivity contribution in [1.82, 2.24) is 4.98 Å². The zero-order valence-electron chi connectivity index (χ0n) is 12.1. The minimum atomic E-state index is -0.140. The molecule has 1 aromatic heterocycles. The van der Waals surface area contributed by atoms with Crippen LogP contribution >= 0.6 is 0 Å². The molecule has 2 heterocycles. The number of nitrogens with one attached hydrogen (secondary N) is 1. The predicted octanol–water partition coefficient (Wildman–Crippen LogP) is 1.53. The Kier molecular flexibility index (Phi) is 3.26. The molecular formula is C16H21N2O2+. The van der Waals surface area contributed by atoms with E-state index < -0.39 is 0 Å². The first-order valence-corrected chi connectivity index (χ1v) is 7.14. The minimum absolute atomic E-state index is 0.133. The lowest BCUT2D eigenvalue weighted by molar-refractivity contribution is -0.727. The summed E-state index contributed by atoms with van der Waals surface area (Å²) in [7, 11) is 1.46. The van der Waals surface area contributed by atoms with Crippen molar-refractivity contribution >= 4 is 16.9 Å². The molecular weight excluding hydrogens is 252 g/mol. The van der Waals surface area contributed by atoms with E-state index in [2.05, 4.69) is 36.3 Å². The number of carbonyl (C=O) groups is 1. The van der Waals surface area contributed by atoms with E-state index in [0.717, 1.165) is 11.9 Å². The number of rotatable bonds is 2. The molecule has 3 N–H and O–H groups in total. The summed E-state index contributed by atoms with van der Waals surface area (Å²) in [4.78, 5) is 15.5. The Hall–Kier alpha value is -1.81. The van der Waals surface area contributed by atoms with Gasteiger partial charge in [-0.3, -0.25) is 0 Å². The molecule has 2 atom stereocenters. The fraction of sp³-hybridized carbons (Fsp3) is 0.438. The maximum Gasteiger partial charge on any atom is 0.364 e. The number of hydrogen-bond donors (Lipinski definition) is 2. The van der Waals surface area contributed by atoms with Gasteiger partial charge in [0.1, 0.15) is 6.04 Å². The van der Waals surface area contributed by atoms with Gasteiger partial charge in [0.2, 0.25) is 0 Å². The number of fused-ring (bicyclic) bond motifs is 3. The summed E-state index contributed by atoms with van der Waals surface area (Å²) in [5.74, 6) is 0.320. The molecule has 0 saturated heterocycles. The number of nitrogens with two attached hydrogens (primary N) is 1. The number of H-pyrrole nitrogens is 1. The van der Waals surface area contributed by atoms with Crippen molar-refractivity contribution in [3.8, 4) is 0 Å². The van der Waals surface area contributed by atoms with Crippen LogP contribution in [0.15, 0.2) is 24.3 Å². The average Bonchev–Trinajstić information content (AvgIpc) is 2.83. The lowest BCUT2D eigenvalue weighted by atomic mass is 9.89. The van der Waals surface area contributed by atoms with Crippen LogP contribution in [0.5, 0.6) is 0 Å². The van der Waals surface area contributed by atoms with Gasteiger partial charge < -0.3 is 15.0 Å². The molecule has 0 saturated carbocycles. The SMILES string of the molecule is COC(=O)C1Cc2c([nH]c3ccccc23)C(C(C)C)[NH2+]1. The molecule has 0 amide bonds. The van der Waals surface area contributed by atoms with Gasteiger partial charge in [-0.15, -0.1) is 0 Å². The summed E-state index contributed by atoms with van der Waals surface area (Å²) in [5.41, 5.74) is 3.70. The van der Waals surface area contributed by atoms with Crippen LogP contribution in [0.25, 0.3) is 10.9 Å². The highest BCUT2D eigenvalue weighted by Crippen LogP contribution is 2.31. The van der Waals surface area contributed by atoms with Gasteiger partial charge in [-0.05, 0) is 11.6 Å². The molecule has 3 rings (SSSR count). The summed E-state index contributed by atoms with van der Waals surface area (Å²) < 4.78 is 4.94. The van der Waals surface area contributed by atoms with Crippen LogP contribution in [-0.2, 0) is 16.0 Å². The van der Waals surface area contributed by atoms with Crippen molar-refractivity contribution in [2.75, 3.05) is 7.11 Å². The maximum absolute atomic E-state index is 11.9. The first kappa shape index (κ1) is 13.2. The summed E-state index contributed by atoms with van der Waals surface area (Å²) in [6.07, 6.45) is 0.731. The number of aromatic nitrogens is 1. The van der Waals surface area contributed by atoms with E-state index in [1.807, 2.05) is 12.1 Å². The molecule has 4 nitrogen and oxygen atoms in total. The van der Waals surface area contributed by atoms with Gasteiger partial charge in [0.05, 0.1) is 12.8 Å². The van der Waals surface area contributed by atoms with Crippen LogP contribution in [0.2, 0.25) is 0 Å². The summed E-state index contributed by atoms with van der Waals surface area (Å²) in [5, 5.41) is 3.38. The second-order valence-corrected chi connectivity index (χ2v) is 5.86. The van der Waals surface area contributed by atoms with Crippen molar-refractivity contribution in [3.05, 3.63) is 35.5 Å². The zero-order chi connectivity index (χ0) is 14.3. The van der Waals surface area contributed by atoms with Crippen molar-refractivity contribution < 1.29 is 14.8 Å². The Bertz CT molecular complexity index is 645. The van der Waals surface area contributed by atoms with E-state index >= 15 is 0 Å². The average molecular weight is 273 g/mol. The van der Waals surface area contributed by atoms with Gasteiger partial charge in [-0.2, -0.15) is 0 Å². The largest absolute Gasteiger partial charge is 0.465 e. The van der Waals surface area contributed by atoms with Crippen LogP contribution in [0, 0.1) is 5.92 Å². The highest BCUT2D eigenvalue weighted by molar-refractivity contribution is 5.86. The third-order valence-corrected chi connectivity index (χ3v) is 4.27. The van der Waals surface area contributed by atoms with Crippen molar-refractivity contribution in [3.63, 3.8) is 0 Å². The van der Waals surface area contributed by atoms with Crippen molar-refractivity contribution in [2.45, 2.75) is 32.4 Å². The van der Waals surface area contributed by atoms with Crippen LogP contribution in [0.1, 0.15) is 31.1 Å². The summed E-state index contributed by atoms with van der Waals surface area (Å²) >= 11 is 0. The molecule has 2 aromatic rings. The Morgan fingerprint density at radius 3 is 2.85 bits per heavy atom. The molecule has 20 heavy (non-hydrogen) atoms. The number of para-hydroxylation sites is 1. The molecule has 106 valence electrons. The highest BCUT2D eigenvalue weighted by Gasteiger charge is 2.38. The summed E-state index contributed by atoms with van der Waals surface area (Å²) in [6, 6.07) is 8.44. The molecule has 0 radical (unpaired) electrons. The molecule has 0 fully saturated rings. The van der Waals surface area contributed by atoms with Gasteiger partial charge in [0.15, 0.2) is 6.04 Å². The number of esters is 1. The summed E-state index contributed by atoms with van der Waals surface area (Å²) in [6.45, 7) is 4.38. The smallest absolute Gasteiger partial charge is 0.364 e. The van der Waals surface area contributed by atoms with E-state index in [-0.39, 0.29) is 18.1 Å². The highest BCUT2D eigenvalue weighted by atomic mass is 16.5. The normalized spacial score (nSPS) is 22.0. The molecule has 0 aliphatic carbocycles. The number of aromatic amines is 1. The Labute approximate surface area is 118 Å². The Morgan fingerprint density at radius 1 is 1.40 bits per heavy atom. The number of methoxy groups -OCH3 is 1. The van der Waals surface area contributed by atoms with Crippen molar-refractivity contribution in [2.24, 2.45) is 5.92 Å². The lowest BCUT2D eigenvalue weighted by Crippen LogP contribution is -2.95. The van der Waals surface area contributed by atoms with Crippen LogP contribution in [0.3, 0.4) is 0 Å². The quantitative estimate of drug-likeness (QED) is 0.815. The first-order chi connectivity index (χ1) is 9.61. The second kappa shape index (κ2) is 4.94. The molecule has 0 spiro atoms. The van der Waals surface area contributed by atoms with Gasteiger partial charge in [-0.25, -0.2) is 4.79 Å². The molecule has 2 unspecified atom stereocenters. The Morgan fingerprint density at radius 2 is 2.15 bits per heavy atom. The molecule has 1 aliphatic heterocycles. The number of ether oxygens (including phenoxy) is 1. The predicted molar refractivity (Wildman–Crippen MR) is 77.3 cm³/mol. The lowest BCUT2D eigenvalue weighted by Gasteiger charge is -2.28. The van der Waals surface area contributed by atoms with Gasteiger partial charge in [0.25, 0.3) is 0 Å². The molecule has 4 heteroatoms. The Balaban J connectivity index is 2.11. The van der Waals surface area contributed by atoms with Crippen LogP contribution in [0.4, 0.5) is 0 Å². The molecule has 1 aliphatic rings. The fourth-order valence-corrected chi connectivity index (χ4v) is 3.23. The topological polar surface area (TPSA) is 58.7 Å². The molecule has 0 bridgehead atoms. The van der Waals surface area contributed by atoms with E-state index in [4.69, 9.17) is 4.74 Å². The first-order valence-electron chi connectivity index (χ1n) is 7.14. The van der Waals surface area contributed by atoms with Crippen LogP contribution < -0.4 is 5.32 Å². The molecule has 1 aromatic carbocycles. The number of hydrogen-bond acceptors (Lipinski definition) is 2. The van der Waals surface area contributed by atoms with E-state index in [1.54, 1.807) is 0 Å². The number of benzene rings is 1. The number of quaternary nitrogens is 1. The third-order valence-electron chi connectivity index (χ3n) is 4.27. The van der Waals surface area contributed by atoms with Crippen LogP contribution in [-0.4, -0.2) is 24.1 Å². The standard InChI is InChI=1S/C16H20N2O2/c1-9(2)14-15-11(8-13(18-14)16(19)20-3)10-6-4-5-7-12(10)17-15/h4-7,9,13-14,17-18H,8H2,1-3H3/p+1. The minimum Gasteiger partial charge on any atom is -0.465 e. The van der Waals surface area contributed by atoms with E-state index in [9.17, 15) is 4.79 Å².